The maximum Gasteiger partial charge on any atom is 0.328 e. The maximum atomic E-state index is 12.9. The summed E-state index contributed by atoms with van der Waals surface area (Å²) >= 11 is 0. The van der Waals surface area contributed by atoms with Crippen LogP contribution >= 0.6 is 0 Å². The number of hydrogen-bond donors (Lipinski definition) is 0. The zero-order valence-corrected chi connectivity index (χ0v) is 30.0. The molecule has 0 bridgehead atoms. The molecular weight excluding hydrogens is 673 g/mol. The first-order valence-electron chi connectivity index (χ1n) is 21.5. The molecule has 9 aromatic rings. The minimum Gasteiger partial charge on any atom is -0.295 e. The summed E-state index contributed by atoms with van der Waals surface area (Å²) in [6.07, 6.45) is 0. The molecule has 2 heterocycles. The van der Waals surface area contributed by atoms with Gasteiger partial charge in [0.1, 0.15) is 0 Å². The van der Waals surface area contributed by atoms with Crippen LogP contribution in [-0.2, 0) is 19.5 Å². The van der Waals surface area contributed by atoms with Gasteiger partial charge >= 0.3 is 5.69 Å². The molecule has 0 saturated heterocycles. The third-order valence-corrected chi connectivity index (χ3v) is 10.7. The highest BCUT2D eigenvalue weighted by molar-refractivity contribution is 5.95. The highest BCUT2D eigenvalue weighted by Gasteiger charge is 2.46. The van der Waals surface area contributed by atoms with Crippen molar-refractivity contribution in [1.29, 1.82) is 0 Å². The fourth-order valence-electron chi connectivity index (χ4n) is 8.12. The number of imidazole rings is 1. The van der Waals surface area contributed by atoms with Crippen molar-refractivity contribution < 1.29 is 9.60 Å². The first-order valence-corrected chi connectivity index (χ1v) is 18.0. The molecule has 0 saturated carbocycles. The van der Waals surface area contributed by atoms with Crippen LogP contribution in [0.2, 0.25) is 0 Å². The van der Waals surface area contributed by atoms with E-state index in [0.29, 0.717) is 17.1 Å². The van der Waals surface area contributed by atoms with Crippen LogP contribution in [0.5, 0.6) is 0 Å². The van der Waals surface area contributed by atoms with Crippen molar-refractivity contribution in [2.24, 2.45) is 14.1 Å². The standard InChI is InChI=1S/C50H36N4O/c1-53-45-30-29-36(31-46(45)54(2)49(53)55)33-25-27-34(28-26-33)43-32-44(52-48(51-43)35-15-6-3-7-16-35)40-22-14-24-42-47(40)39-21-12-13-23-41(39)50(42,37-17-8-4-9-18-37)38-19-10-5-11-20-38/h3-32H,1-2H3/i25D,26D,27D,28D,29D,30D,31D. The van der Waals surface area contributed by atoms with Crippen LogP contribution in [-0.4, -0.2) is 19.1 Å². The summed E-state index contributed by atoms with van der Waals surface area (Å²) in [6, 6.07) is 43.5. The zero-order valence-electron chi connectivity index (χ0n) is 37.0. The number of nitrogens with zero attached hydrogens (tertiary/aromatic N) is 4. The number of fused-ring (bicyclic) bond motifs is 4. The lowest BCUT2D eigenvalue weighted by molar-refractivity contribution is 0.768. The molecule has 0 amide bonds. The van der Waals surface area contributed by atoms with E-state index in [-0.39, 0.29) is 45.5 Å². The quantitative estimate of drug-likeness (QED) is 0.172. The van der Waals surface area contributed by atoms with Gasteiger partial charge in [-0.25, -0.2) is 14.8 Å². The van der Waals surface area contributed by atoms with Gasteiger partial charge in [-0.2, -0.15) is 0 Å². The van der Waals surface area contributed by atoms with Crippen molar-refractivity contribution in [2.75, 3.05) is 0 Å². The Kier molecular flexibility index (Phi) is 6.00. The molecule has 0 atom stereocenters. The molecule has 5 heteroatoms. The molecule has 0 spiro atoms. The van der Waals surface area contributed by atoms with Gasteiger partial charge in [0.15, 0.2) is 5.82 Å². The smallest absolute Gasteiger partial charge is 0.295 e. The van der Waals surface area contributed by atoms with Gasteiger partial charge in [0, 0.05) is 30.8 Å². The zero-order chi connectivity index (χ0) is 43.2. The lowest BCUT2D eigenvalue weighted by Gasteiger charge is -2.33. The molecule has 0 N–H and O–H groups in total. The van der Waals surface area contributed by atoms with Gasteiger partial charge < -0.3 is 0 Å². The monoisotopic (exact) mass is 715 g/mol. The van der Waals surface area contributed by atoms with E-state index in [4.69, 9.17) is 14.1 Å². The number of rotatable bonds is 6. The van der Waals surface area contributed by atoms with E-state index in [1.165, 1.54) is 23.2 Å². The average Bonchev–Trinajstić information content (AvgIpc) is 3.74. The van der Waals surface area contributed by atoms with Crippen molar-refractivity contribution >= 4 is 11.0 Å². The Morgan fingerprint density at radius 3 is 1.76 bits per heavy atom. The molecular formula is C50H36N4O. The molecule has 5 nitrogen and oxygen atoms in total. The topological polar surface area (TPSA) is 52.7 Å². The van der Waals surface area contributed by atoms with E-state index >= 15 is 0 Å². The summed E-state index contributed by atoms with van der Waals surface area (Å²) in [6.45, 7) is 0. The number of hydrogen-bond acceptors (Lipinski definition) is 3. The molecule has 262 valence electrons. The normalized spacial score (nSPS) is 14.5. The second-order valence-corrected chi connectivity index (χ2v) is 13.7. The molecule has 55 heavy (non-hydrogen) atoms. The lowest BCUT2D eigenvalue weighted by Crippen LogP contribution is -2.28. The van der Waals surface area contributed by atoms with Gasteiger partial charge in [0.25, 0.3) is 0 Å². The second kappa shape index (κ2) is 12.8. The Hall–Kier alpha value is -7.11. The van der Waals surface area contributed by atoms with E-state index in [0.717, 1.165) is 38.9 Å². The van der Waals surface area contributed by atoms with Crippen LogP contribution in [0, 0.1) is 0 Å². The summed E-state index contributed by atoms with van der Waals surface area (Å²) in [5.74, 6) is 0.316. The van der Waals surface area contributed by atoms with Crippen LogP contribution in [0.15, 0.2) is 187 Å². The second-order valence-electron chi connectivity index (χ2n) is 13.7. The summed E-state index contributed by atoms with van der Waals surface area (Å²) in [4.78, 5) is 23.0. The molecule has 10 rings (SSSR count). The largest absolute Gasteiger partial charge is 0.328 e. The van der Waals surface area contributed by atoms with E-state index < -0.39 is 41.3 Å². The van der Waals surface area contributed by atoms with Crippen molar-refractivity contribution in [2.45, 2.75) is 5.41 Å². The number of aryl methyl sites for hydroxylation is 2. The van der Waals surface area contributed by atoms with Gasteiger partial charge in [0.2, 0.25) is 0 Å². The fraction of sp³-hybridized carbons (Fsp3) is 0.0600. The van der Waals surface area contributed by atoms with Crippen LogP contribution in [0.1, 0.15) is 31.8 Å². The average molecular weight is 716 g/mol. The predicted octanol–water partition coefficient (Wildman–Crippen LogP) is 10.7. The Labute approximate surface area is 329 Å². The molecule has 0 unspecified atom stereocenters. The van der Waals surface area contributed by atoms with E-state index in [1.807, 2.05) is 60.7 Å². The minimum absolute atomic E-state index is 0.0582. The molecule has 7 aromatic carbocycles. The predicted molar refractivity (Wildman–Crippen MR) is 223 cm³/mol. The van der Waals surface area contributed by atoms with Gasteiger partial charge in [0.05, 0.1) is 37.4 Å². The van der Waals surface area contributed by atoms with E-state index in [1.54, 1.807) is 6.07 Å². The third kappa shape index (κ3) is 5.04. The highest BCUT2D eigenvalue weighted by atomic mass is 16.1. The number of benzene rings is 7. The Morgan fingerprint density at radius 2 is 1.05 bits per heavy atom. The SMILES string of the molecule is [2H]c1c([2H])c(-c2c([2H])c([2H])c3c(c2[2H])n(C)c(=O)n3C)c([2H])c([2H])c1-c1cc(-c2cccc3c2-c2ccccc2C3(c2ccccc2)c2ccccc2)nc(-c2ccccc2)n1. The molecule has 0 aliphatic heterocycles. The molecule has 1 aliphatic rings. The lowest BCUT2D eigenvalue weighted by atomic mass is 9.67. The van der Waals surface area contributed by atoms with E-state index in [2.05, 4.69) is 72.8 Å². The van der Waals surface area contributed by atoms with Crippen molar-refractivity contribution in [1.82, 2.24) is 19.1 Å². The van der Waals surface area contributed by atoms with Gasteiger partial charge in [-0.3, -0.25) is 9.13 Å². The Balaban J connectivity index is 1.25. The van der Waals surface area contributed by atoms with Crippen molar-refractivity contribution in [3.05, 3.63) is 215 Å². The first kappa shape index (κ1) is 25.8. The number of aromatic nitrogens is 4. The third-order valence-electron chi connectivity index (χ3n) is 10.7. The van der Waals surface area contributed by atoms with Gasteiger partial charge in [-0.05, 0) is 62.7 Å². The molecule has 1 aliphatic carbocycles. The van der Waals surface area contributed by atoms with E-state index in [9.17, 15) is 10.3 Å². The highest BCUT2D eigenvalue weighted by Crippen LogP contribution is 2.58. The van der Waals surface area contributed by atoms with Crippen LogP contribution in [0.4, 0.5) is 0 Å². The summed E-state index contributed by atoms with van der Waals surface area (Å²) in [7, 11) is 2.91. The Bertz CT molecular complexity index is 3300. The fourth-order valence-corrected chi connectivity index (χ4v) is 8.12. The summed E-state index contributed by atoms with van der Waals surface area (Å²) in [5.41, 5.74) is 6.80. The van der Waals surface area contributed by atoms with Gasteiger partial charge in [-0.15, -0.1) is 0 Å². The van der Waals surface area contributed by atoms with Crippen molar-refractivity contribution in [3.8, 4) is 56.2 Å². The van der Waals surface area contributed by atoms with Crippen LogP contribution in [0.3, 0.4) is 0 Å². The van der Waals surface area contributed by atoms with Gasteiger partial charge in [-0.1, -0.05) is 164 Å². The minimum atomic E-state index is -0.678. The molecule has 0 radical (unpaired) electrons. The van der Waals surface area contributed by atoms with Crippen LogP contribution < -0.4 is 5.69 Å². The first-order chi connectivity index (χ1) is 30.0. The summed E-state index contributed by atoms with van der Waals surface area (Å²) < 4.78 is 66.8. The summed E-state index contributed by atoms with van der Waals surface area (Å²) in [5, 5.41) is 0. The van der Waals surface area contributed by atoms with Crippen LogP contribution in [0.25, 0.3) is 67.2 Å². The molecule has 0 fully saturated rings. The Morgan fingerprint density at radius 1 is 0.509 bits per heavy atom. The molecule has 2 aromatic heterocycles. The van der Waals surface area contributed by atoms with Crippen molar-refractivity contribution in [3.63, 3.8) is 0 Å². The maximum absolute atomic E-state index is 12.9.